The first kappa shape index (κ1) is 24.1. The quantitative estimate of drug-likeness (QED) is 0.478. The molecule has 3 N–H and O–H groups in total. The van der Waals surface area contributed by atoms with Gasteiger partial charge in [-0.1, -0.05) is 22.0 Å². The zero-order chi connectivity index (χ0) is 25.0. The highest BCUT2D eigenvalue weighted by Crippen LogP contribution is 2.63. The number of aliphatic hydroxyl groups excluding tert-OH is 1. The van der Waals surface area contributed by atoms with E-state index in [1.165, 1.54) is 6.92 Å². The largest absolute Gasteiger partial charge is 0.493 e. The maximum Gasteiger partial charge on any atom is 0.302 e. The van der Waals surface area contributed by atoms with E-state index in [0.29, 0.717) is 29.9 Å². The fourth-order valence-corrected chi connectivity index (χ4v) is 6.51. The third-order valence-corrected chi connectivity index (χ3v) is 8.29. The van der Waals surface area contributed by atoms with E-state index in [0.717, 1.165) is 15.6 Å². The highest BCUT2D eigenvalue weighted by atomic mass is 79.9. The normalized spacial score (nSPS) is 30.1. The molecule has 1 aliphatic heterocycles. The number of benzene rings is 2. The van der Waals surface area contributed by atoms with Gasteiger partial charge >= 0.3 is 5.97 Å². The molecule has 0 unspecified atom stereocenters. The van der Waals surface area contributed by atoms with E-state index >= 15 is 0 Å². The second-order valence-corrected chi connectivity index (χ2v) is 10.4. The van der Waals surface area contributed by atoms with E-state index in [1.54, 1.807) is 37.4 Å². The minimum absolute atomic E-state index is 0.0354. The van der Waals surface area contributed by atoms with Gasteiger partial charge in [-0.3, -0.25) is 9.59 Å². The maximum atomic E-state index is 13.2. The van der Waals surface area contributed by atoms with Crippen LogP contribution in [0.1, 0.15) is 47.7 Å². The number of esters is 1. The maximum absolute atomic E-state index is 13.2. The van der Waals surface area contributed by atoms with Gasteiger partial charge in [0.15, 0.2) is 11.5 Å². The van der Waals surface area contributed by atoms with Gasteiger partial charge in [-0.25, -0.2) is 0 Å². The summed E-state index contributed by atoms with van der Waals surface area (Å²) in [4.78, 5) is 24.8. The number of carbonyl (C=O) groups is 2. The van der Waals surface area contributed by atoms with E-state index in [9.17, 15) is 19.8 Å². The molecule has 8 nitrogen and oxygen atoms in total. The monoisotopic (exact) mass is 545 g/mol. The molecule has 0 bridgehead atoms. The Morgan fingerprint density at radius 3 is 2.66 bits per heavy atom. The van der Waals surface area contributed by atoms with Crippen LogP contribution in [0.4, 0.5) is 0 Å². The van der Waals surface area contributed by atoms with E-state index in [2.05, 4.69) is 21.2 Å². The summed E-state index contributed by atoms with van der Waals surface area (Å²) in [6, 6.07) is 10.1. The van der Waals surface area contributed by atoms with Crippen LogP contribution in [-0.2, 0) is 21.4 Å². The summed E-state index contributed by atoms with van der Waals surface area (Å²) in [5.74, 6) is 0.275. The summed E-state index contributed by atoms with van der Waals surface area (Å²) in [5, 5.41) is 26.5. The highest BCUT2D eigenvalue weighted by Gasteiger charge is 2.70. The number of rotatable bonds is 6. The molecule has 0 saturated heterocycles. The van der Waals surface area contributed by atoms with Crippen LogP contribution >= 0.6 is 15.9 Å². The van der Waals surface area contributed by atoms with Crippen molar-refractivity contribution in [3.05, 3.63) is 57.6 Å². The number of halogens is 1. The molecule has 1 heterocycles. The molecule has 2 aliphatic carbocycles. The van der Waals surface area contributed by atoms with Crippen molar-refractivity contribution in [3.8, 4) is 11.5 Å². The van der Waals surface area contributed by atoms with Crippen LogP contribution in [0.3, 0.4) is 0 Å². The summed E-state index contributed by atoms with van der Waals surface area (Å²) in [5.41, 5.74) is -0.417. The molecule has 1 amide bonds. The molecule has 9 heteroatoms. The molecular weight excluding hydrogens is 518 g/mol. The van der Waals surface area contributed by atoms with Gasteiger partial charge in [0.2, 0.25) is 0 Å². The predicted octanol–water partition coefficient (Wildman–Crippen LogP) is 2.65. The number of methoxy groups -OCH3 is 1. The number of nitrogens with one attached hydrogen (secondary N) is 1. The fourth-order valence-electron chi connectivity index (χ4n) is 6.25. The Labute approximate surface area is 211 Å². The summed E-state index contributed by atoms with van der Waals surface area (Å²) < 4.78 is 18.0. The smallest absolute Gasteiger partial charge is 0.302 e. The van der Waals surface area contributed by atoms with Crippen molar-refractivity contribution in [1.29, 1.82) is 0 Å². The summed E-state index contributed by atoms with van der Waals surface area (Å²) >= 11 is 3.38. The van der Waals surface area contributed by atoms with Gasteiger partial charge < -0.3 is 29.7 Å². The first-order chi connectivity index (χ1) is 16.7. The van der Waals surface area contributed by atoms with Crippen LogP contribution < -0.4 is 14.8 Å². The SMILES string of the molecule is COc1ccc2c3c1O[C@@H]1[C@@H](O)CC[C@](O)([C@H](NC(=O)c4ccc(Br)cc4)C2)[C@]31CCOC(C)=O. The van der Waals surface area contributed by atoms with Gasteiger partial charge in [0.1, 0.15) is 6.10 Å². The van der Waals surface area contributed by atoms with Crippen molar-refractivity contribution in [2.45, 2.75) is 61.9 Å². The molecule has 35 heavy (non-hydrogen) atoms. The Morgan fingerprint density at radius 1 is 1.23 bits per heavy atom. The van der Waals surface area contributed by atoms with Crippen molar-refractivity contribution >= 4 is 27.8 Å². The van der Waals surface area contributed by atoms with Gasteiger partial charge in [0.25, 0.3) is 5.91 Å². The Kier molecular flexibility index (Phi) is 6.05. The lowest BCUT2D eigenvalue weighted by molar-refractivity contribution is -0.172. The Balaban J connectivity index is 1.62. The molecule has 3 aliphatic rings. The molecule has 186 valence electrons. The topological polar surface area (TPSA) is 114 Å². The minimum atomic E-state index is -1.45. The zero-order valence-electron chi connectivity index (χ0n) is 19.5. The number of ether oxygens (including phenoxy) is 3. The van der Waals surface area contributed by atoms with Crippen LogP contribution in [0.2, 0.25) is 0 Å². The molecule has 2 aromatic carbocycles. The average Bonchev–Trinajstić information content (AvgIpc) is 3.19. The van der Waals surface area contributed by atoms with Gasteiger partial charge in [-0.2, -0.15) is 0 Å². The lowest BCUT2D eigenvalue weighted by Gasteiger charge is -2.58. The Morgan fingerprint density at radius 2 is 1.97 bits per heavy atom. The average molecular weight is 546 g/mol. The molecule has 0 radical (unpaired) electrons. The van der Waals surface area contributed by atoms with E-state index < -0.39 is 35.2 Å². The molecule has 5 atom stereocenters. The van der Waals surface area contributed by atoms with Crippen molar-refractivity contribution < 1.29 is 34.0 Å². The van der Waals surface area contributed by atoms with Crippen molar-refractivity contribution in [1.82, 2.24) is 5.32 Å². The Hall–Kier alpha value is -2.62. The third kappa shape index (κ3) is 3.63. The van der Waals surface area contributed by atoms with E-state index in [4.69, 9.17) is 14.2 Å². The number of carbonyl (C=O) groups excluding carboxylic acids is 2. The van der Waals surface area contributed by atoms with Gasteiger partial charge in [0.05, 0.1) is 36.9 Å². The third-order valence-electron chi connectivity index (χ3n) is 7.76. The lowest BCUT2D eigenvalue weighted by Crippen LogP contribution is -2.74. The summed E-state index contributed by atoms with van der Waals surface area (Å²) in [6.45, 7) is 1.37. The molecule has 0 spiro atoms. The van der Waals surface area contributed by atoms with Crippen LogP contribution in [0.15, 0.2) is 40.9 Å². The van der Waals surface area contributed by atoms with Crippen LogP contribution in [-0.4, -0.2) is 59.7 Å². The lowest BCUT2D eigenvalue weighted by atomic mass is 9.50. The molecule has 2 aromatic rings. The molecule has 1 fully saturated rings. The fraction of sp³-hybridized carbons (Fsp3) is 0.462. The van der Waals surface area contributed by atoms with Crippen LogP contribution in [0.5, 0.6) is 11.5 Å². The van der Waals surface area contributed by atoms with Crippen molar-refractivity contribution in [2.75, 3.05) is 13.7 Å². The van der Waals surface area contributed by atoms with E-state index in [1.807, 2.05) is 6.07 Å². The van der Waals surface area contributed by atoms with Gasteiger partial charge in [-0.05, 0) is 61.6 Å². The van der Waals surface area contributed by atoms with Crippen molar-refractivity contribution in [3.63, 3.8) is 0 Å². The number of amides is 1. The molecule has 0 aromatic heterocycles. The van der Waals surface area contributed by atoms with E-state index in [-0.39, 0.29) is 25.4 Å². The Bertz CT molecular complexity index is 1170. The first-order valence-electron chi connectivity index (χ1n) is 11.7. The summed E-state index contributed by atoms with van der Waals surface area (Å²) in [7, 11) is 1.54. The highest BCUT2D eigenvalue weighted by molar-refractivity contribution is 9.10. The summed E-state index contributed by atoms with van der Waals surface area (Å²) in [6.07, 6.45) is -0.481. The number of aliphatic hydroxyl groups is 2. The van der Waals surface area contributed by atoms with Gasteiger partial charge in [-0.15, -0.1) is 0 Å². The van der Waals surface area contributed by atoms with Crippen LogP contribution in [0, 0.1) is 0 Å². The molecule has 1 saturated carbocycles. The van der Waals surface area contributed by atoms with Gasteiger partial charge in [0, 0.05) is 22.5 Å². The minimum Gasteiger partial charge on any atom is -0.493 e. The predicted molar refractivity (Wildman–Crippen MR) is 130 cm³/mol. The number of hydrogen-bond acceptors (Lipinski definition) is 7. The second kappa shape index (κ2) is 8.80. The second-order valence-electron chi connectivity index (χ2n) is 9.50. The first-order valence-corrected chi connectivity index (χ1v) is 12.5. The zero-order valence-corrected chi connectivity index (χ0v) is 21.1. The molecule has 5 rings (SSSR count). The molecular formula is C26H28BrNO7. The van der Waals surface area contributed by atoms with Crippen molar-refractivity contribution in [2.24, 2.45) is 0 Å². The standard InChI is InChI=1S/C26H28BrNO7/c1-14(29)34-12-11-25-21-16-5-8-19(33-2)22(21)35-23(25)18(30)9-10-26(25,32)20(13-16)28-24(31)15-3-6-17(27)7-4-15/h3-8,18,20,23,30,32H,9-13H2,1-2H3,(H,28,31)/t18-,20+,23+,25+,26-/m0/s1. The number of hydrogen-bond donors (Lipinski definition) is 3. The van der Waals surface area contributed by atoms with Crippen LogP contribution in [0.25, 0.3) is 0 Å².